The van der Waals surface area contributed by atoms with Crippen molar-refractivity contribution in [3.05, 3.63) is 120 Å². The molecule has 7 N–H and O–H groups in total. The minimum atomic E-state index is -4.58. The summed E-state index contributed by atoms with van der Waals surface area (Å²) in [5.41, 5.74) is 8.09. The van der Waals surface area contributed by atoms with Crippen LogP contribution in [0, 0.1) is 20.2 Å². The molecule has 4 rings (SSSR count). The summed E-state index contributed by atoms with van der Waals surface area (Å²) in [6.07, 6.45) is -4.58. The van der Waals surface area contributed by atoms with Gasteiger partial charge < -0.3 is 36.0 Å². The Morgan fingerprint density at radius 3 is 1.92 bits per heavy atom. The maximum absolute atomic E-state index is 12.6. The van der Waals surface area contributed by atoms with Crippen molar-refractivity contribution in [2.45, 2.75) is 18.6 Å². The number of carboxylic acid groups (broad SMARTS) is 2. The fourth-order valence-corrected chi connectivity index (χ4v) is 4.89. The van der Waals surface area contributed by atoms with E-state index in [4.69, 9.17) is 59.2 Å². The zero-order valence-corrected chi connectivity index (χ0v) is 29.3. The number of hydrogen-bond donors (Lipinski definition) is 5. The third-order valence-corrected chi connectivity index (χ3v) is 8.12. The zero-order valence-electron chi connectivity index (χ0n) is 26.9. The molecule has 0 aliphatic rings. The minimum Gasteiger partial charge on any atom is -0.480 e. The van der Waals surface area contributed by atoms with E-state index in [-0.39, 0.29) is 51.3 Å². The number of alkyl halides is 3. The van der Waals surface area contributed by atoms with Crippen LogP contribution in [0.15, 0.2) is 78.9 Å². The van der Waals surface area contributed by atoms with Crippen LogP contribution in [0.1, 0.15) is 22.3 Å². The van der Waals surface area contributed by atoms with Crippen LogP contribution in [0.2, 0.25) is 10.0 Å². The first-order valence-corrected chi connectivity index (χ1v) is 17.4. The zero-order chi connectivity index (χ0) is 40.3. The minimum absolute atomic E-state index is 0.0352. The lowest BCUT2D eigenvalue weighted by Gasteiger charge is -2.11. The smallest absolute Gasteiger partial charge is 0.416 e. The van der Waals surface area contributed by atoms with Gasteiger partial charge >= 0.3 is 18.1 Å². The van der Waals surface area contributed by atoms with E-state index in [2.05, 4.69) is 0 Å². The van der Waals surface area contributed by atoms with Crippen LogP contribution < -0.4 is 20.9 Å². The van der Waals surface area contributed by atoms with Crippen LogP contribution in [-0.2, 0) is 15.5 Å². The number of rotatable bonds is 11. The van der Waals surface area contributed by atoms with Gasteiger partial charge in [-0.05, 0) is 48.9 Å². The maximum atomic E-state index is 12.6. The Balaban J connectivity index is 0.000000296. The molecule has 4 aromatic rings. The number of benzene rings is 4. The Labute approximate surface area is 307 Å². The van der Waals surface area contributed by atoms with Gasteiger partial charge in [0.2, 0.25) is 0 Å². The van der Waals surface area contributed by atoms with Crippen molar-refractivity contribution in [2.75, 3.05) is 18.6 Å². The number of nitro benzene ring substituents is 2. The van der Waals surface area contributed by atoms with Crippen LogP contribution in [0.3, 0.4) is 0 Å². The summed E-state index contributed by atoms with van der Waals surface area (Å²) in [7, 11) is -3.10. The average Bonchev–Trinajstić information content (AvgIpc) is 3.06. The van der Waals surface area contributed by atoms with E-state index in [1.54, 1.807) is 24.3 Å². The summed E-state index contributed by atoms with van der Waals surface area (Å²) in [6, 6.07) is 15.9. The van der Waals surface area contributed by atoms with E-state index in [0.717, 1.165) is 30.3 Å². The van der Waals surface area contributed by atoms with Gasteiger partial charge in [0.05, 0.1) is 20.4 Å². The second-order valence-electron chi connectivity index (χ2n) is 10.5. The summed E-state index contributed by atoms with van der Waals surface area (Å²) in [4.78, 5) is 49.9. The highest BCUT2D eigenvalue weighted by atomic mass is 35.5. The van der Waals surface area contributed by atoms with Gasteiger partial charge in [0.1, 0.15) is 45.3 Å². The molecule has 0 spiro atoms. The molecule has 0 aliphatic heterocycles. The molecule has 0 fully saturated rings. The normalized spacial score (nSPS) is 12.4. The SMILES string of the molecule is CP(=O)(O)CCC(N)C(=O)O.Nc1c([N+](=O)[O-])ccc(Oc2ccccc2)c1Cl.O=C(O)c1cc(Oc2ccc(C(F)(F)F)cc2Cl)ccc1[N+](=O)[O-]. The molecule has 0 radical (unpaired) electrons. The van der Waals surface area contributed by atoms with Crippen molar-refractivity contribution in [1.82, 2.24) is 0 Å². The molecule has 0 amide bonds. The Morgan fingerprint density at radius 1 is 0.887 bits per heavy atom. The average molecular weight is 807 g/mol. The monoisotopic (exact) mass is 806 g/mol. The molecule has 0 saturated heterocycles. The molecule has 0 aromatic heterocycles. The number of nitrogens with zero attached hydrogens (tertiary/aromatic N) is 2. The Hall–Kier alpha value is -5.46. The fourth-order valence-electron chi connectivity index (χ4n) is 3.71. The van der Waals surface area contributed by atoms with E-state index in [1.165, 1.54) is 18.8 Å². The van der Waals surface area contributed by atoms with Gasteiger partial charge in [-0.3, -0.25) is 29.6 Å². The van der Waals surface area contributed by atoms with Crippen LogP contribution in [0.25, 0.3) is 0 Å². The Kier molecular flexibility index (Phi) is 15.6. The van der Waals surface area contributed by atoms with Crippen molar-refractivity contribution in [1.29, 1.82) is 0 Å². The largest absolute Gasteiger partial charge is 0.480 e. The van der Waals surface area contributed by atoms with Crippen LogP contribution in [-0.4, -0.2) is 55.8 Å². The number of halogens is 5. The van der Waals surface area contributed by atoms with Gasteiger partial charge in [-0.25, -0.2) is 4.79 Å². The third kappa shape index (κ3) is 13.9. The molecule has 0 aliphatic carbocycles. The number of nitrogens with two attached hydrogens (primary N) is 2. The number of aromatic carboxylic acids is 1. The quantitative estimate of drug-likeness (QED) is 0.0415. The number of para-hydroxylation sites is 1. The van der Waals surface area contributed by atoms with Crippen molar-refractivity contribution < 1.29 is 61.8 Å². The highest BCUT2D eigenvalue weighted by Gasteiger charge is 2.31. The van der Waals surface area contributed by atoms with Crippen LogP contribution in [0.5, 0.6) is 23.0 Å². The van der Waals surface area contributed by atoms with E-state index >= 15 is 0 Å². The van der Waals surface area contributed by atoms with E-state index < -0.39 is 58.2 Å². The Morgan fingerprint density at radius 2 is 1.43 bits per heavy atom. The van der Waals surface area contributed by atoms with E-state index in [9.17, 15) is 47.6 Å². The lowest BCUT2D eigenvalue weighted by molar-refractivity contribution is -0.385. The summed E-state index contributed by atoms with van der Waals surface area (Å²) >= 11 is 11.7. The predicted molar refractivity (Wildman–Crippen MR) is 186 cm³/mol. The number of carbonyl (C=O) groups is 2. The second kappa shape index (κ2) is 18.9. The van der Waals surface area contributed by atoms with Gasteiger partial charge in [-0.2, -0.15) is 13.2 Å². The van der Waals surface area contributed by atoms with Crippen LogP contribution >= 0.6 is 30.6 Å². The Bertz CT molecular complexity index is 2020. The predicted octanol–water partition coefficient (Wildman–Crippen LogP) is 8.07. The first-order chi connectivity index (χ1) is 24.5. The standard InChI is InChI=1S/C14H7ClF3NO5.C12H9ClN2O3.C5H12NO4P/c15-10-5-7(14(16,17)18)1-4-12(10)24-8-2-3-11(19(22)23)9(6-8)13(20)21;13-11-10(18-8-4-2-1-3-5-8)7-6-9(12(11)14)15(16)17;1-11(9,10)3-2-4(6)5(7)8/h1-6H,(H,20,21);1-7H,14H2;4H,2-3,6H2,1H3,(H,7,8)(H,9,10). The fraction of sp³-hybridized carbons (Fsp3) is 0.161. The summed E-state index contributed by atoms with van der Waals surface area (Å²) in [6.45, 7) is 1.18. The van der Waals surface area contributed by atoms with Crippen molar-refractivity contribution in [3.8, 4) is 23.0 Å². The molecule has 0 saturated carbocycles. The summed E-state index contributed by atoms with van der Waals surface area (Å²) in [5.74, 6) is -2.11. The molecule has 2 atom stereocenters. The molecular formula is C31H28Cl2F3N4O12P. The van der Waals surface area contributed by atoms with Crippen molar-refractivity contribution >= 4 is 59.6 Å². The molecule has 284 valence electrons. The number of anilines is 1. The number of aliphatic carboxylic acids is 1. The van der Waals surface area contributed by atoms with E-state index in [0.29, 0.717) is 11.8 Å². The van der Waals surface area contributed by atoms with Gasteiger partial charge in [0, 0.05) is 31.0 Å². The van der Waals surface area contributed by atoms with E-state index in [1.807, 2.05) is 6.07 Å². The van der Waals surface area contributed by atoms with Crippen molar-refractivity contribution in [2.24, 2.45) is 5.73 Å². The lowest BCUT2D eigenvalue weighted by atomic mass is 10.1. The molecule has 0 bridgehead atoms. The summed E-state index contributed by atoms with van der Waals surface area (Å²) < 4.78 is 59.0. The number of ether oxygens (including phenoxy) is 2. The number of hydrogen-bond acceptors (Lipinski definition) is 11. The maximum Gasteiger partial charge on any atom is 0.416 e. The molecule has 53 heavy (non-hydrogen) atoms. The first kappa shape index (κ1) is 43.7. The molecule has 4 aromatic carbocycles. The van der Waals surface area contributed by atoms with Gasteiger partial charge in [-0.15, -0.1) is 0 Å². The topological polar surface area (TPSA) is 269 Å². The van der Waals surface area contributed by atoms with Gasteiger partial charge in [-0.1, -0.05) is 41.4 Å². The van der Waals surface area contributed by atoms with Gasteiger partial charge in [0.15, 0.2) is 7.37 Å². The lowest BCUT2D eigenvalue weighted by Crippen LogP contribution is -2.30. The highest BCUT2D eigenvalue weighted by molar-refractivity contribution is 7.57. The van der Waals surface area contributed by atoms with Crippen LogP contribution in [0.4, 0.5) is 30.2 Å². The highest BCUT2D eigenvalue weighted by Crippen LogP contribution is 2.40. The summed E-state index contributed by atoms with van der Waals surface area (Å²) in [5, 5.41) is 38.4. The second-order valence-corrected chi connectivity index (χ2v) is 13.8. The number of nitrogen functional groups attached to an aromatic ring is 1. The third-order valence-electron chi connectivity index (χ3n) is 6.34. The number of nitro groups is 2. The number of carboxylic acids is 2. The molecule has 0 heterocycles. The molecule has 16 nitrogen and oxygen atoms in total. The van der Waals surface area contributed by atoms with Gasteiger partial charge in [0.25, 0.3) is 11.4 Å². The first-order valence-electron chi connectivity index (χ1n) is 14.3. The van der Waals surface area contributed by atoms with Crippen molar-refractivity contribution in [3.63, 3.8) is 0 Å². The molecular weight excluding hydrogens is 779 g/mol. The molecule has 22 heteroatoms. The molecule has 2 unspecified atom stereocenters.